The number of hydrogen-bond donors (Lipinski definition) is 2. The van der Waals surface area contributed by atoms with Crippen molar-refractivity contribution in [2.45, 2.75) is 13.0 Å². The van der Waals surface area contributed by atoms with E-state index in [1.807, 2.05) is 91.9 Å². The number of H-pyrrole nitrogens is 1. The van der Waals surface area contributed by atoms with Crippen LogP contribution in [-0.4, -0.2) is 28.2 Å². The third-order valence-electron chi connectivity index (χ3n) is 6.79. The van der Waals surface area contributed by atoms with Crippen molar-refractivity contribution in [3.8, 4) is 11.3 Å². The Morgan fingerprint density at radius 3 is 2.36 bits per heavy atom. The molecule has 2 heterocycles. The summed E-state index contributed by atoms with van der Waals surface area (Å²) in [4.78, 5) is 32.1. The van der Waals surface area contributed by atoms with Crippen molar-refractivity contribution in [1.82, 2.24) is 9.88 Å². The van der Waals surface area contributed by atoms with E-state index >= 15 is 0 Å². The minimum absolute atomic E-state index is 0.0558. The van der Waals surface area contributed by atoms with Gasteiger partial charge in [0, 0.05) is 27.7 Å². The Bertz CT molecular complexity index is 1590. The molecule has 0 saturated heterocycles. The molecule has 2 N–H and O–H groups in total. The number of aromatic nitrogens is 1. The molecule has 0 spiro atoms. The minimum Gasteiger partial charge on any atom is -0.354 e. The minimum atomic E-state index is -0.399. The third-order valence-corrected chi connectivity index (χ3v) is 6.79. The number of nitrogens with zero attached hydrogens (tertiary/aromatic N) is 1. The van der Waals surface area contributed by atoms with Gasteiger partial charge in [0.25, 0.3) is 5.91 Å². The van der Waals surface area contributed by atoms with Gasteiger partial charge in [0.1, 0.15) is 6.54 Å². The molecule has 0 aliphatic carbocycles. The maximum Gasteiger partial charge on any atom is 0.255 e. The highest BCUT2D eigenvalue weighted by molar-refractivity contribution is 6.05. The lowest BCUT2D eigenvalue weighted by Gasteiger charge is -2.26. The van der Waals surface area contributed by atoms with E-state index in [2.05, 4.69) is 28.5 Å². The number of amides is 2. The number of nitrogens with one attached hydrogen (secondary N) is 2. The molecule has 6 rings (SSSR count). The van der Waals surface area contributed by atoms with Crippen LogP contribution < -0.4 is 5.32 Å². The van der Waals surface area contributed by atoms with Crippen molar-refractivity contribution in [2.24, 2.45) is 0 Å². The second-order valence-corrected chi connectivity index (χ2v) is 9.16. The average molecular weight is 472 g/mol. The van der Waals surface area contributed by atoms with Crippen molar-refractivity contribution < 1.29 is 9.59 Å². The molecule has 2 amide bonds. The molecule has 4 aromatic carbocycles. The number of aromatic amines is 1. The normalized spacial score (nSPS) is 14.8. The summed E-state index contributed by atoms with van der Waals surface area (Å²) >= 11 is 0. The van der Waals surface area contributed by atoms with E-state index in [1.165, 1.54) is 0 Å². The standard InChI is InChI=1S/C31H25N3O2/c1-20-15-17-22(18-16-20)32-27(35)19-34-30(23-11-5-6-12-24(23)31(34)36)28-25-13-7-8-14-26(25)33-29(28)21-9-3-2-4-10-21/h2-18,30,33H,19H2,1H3,(H,32,35)/t30-/m1/s1. The van der Waals surface area contributed by atoms with Crippen molar-refractivity contribution in [1.29, 1.82) is 0 Å². The first-order valence-corrected chi connectivity index (χ1v) is 12.0. The Balaban J connectivity index is 1.47. The van der Waals surface area contributed by atoms with Gasteiger partial charge in [-0.2, -0.15) is 0 Å². The summed E-state index contributed by atoms with van der Waals surface area (Å²) in [6, 6.07) is 33.2. The van der Waals surface area contributed by atoms with Gasteiger partial charge in [0.05, 0.1) is 11.7 Å². The van der Waals surface area contributed by atoms with Gasteiger partial charge < -0.3 is 15.2 Å². The van der Waals surface area contributed by atoms with E-state index in [0.717, 1.165) is 38.9 Å². The van der Waals surface area contributed by atoms with Crippen LogP contribution in [0.1, 0.15) is 33.1 Å². The molecule has 5 heteroatoms. The fourth-order valence-corrected chi connectivity index (χ4v) is 5.12. The van der Waals surface area contributed by atoms with Crippen LogP contribution in [0, 0.1) is 6.92 Å². The number of para-hydroxylation sites is 1. The van der Waals surface area contributed by atoms with Crippen LogP contribution in [0.3, 0.4) is 0 Å². The van der Waals surface area contributed by atoms with E-state index in [4.69, 9.17) is 0 Å². The first-order chi connectivity index (χ1) is 17.6. The summed E-state index contributed by atoms with van der Waals surface area (Å²) in [5, 5.41) is 3.99. The molecule has 1 aromatic heterocycles. The summed E-state index contributed by atoms with van der Waals surface area (Å²) in [6.07, 6.45) is 0. The molecule has 176 valence electrons. The van der Waals surface area contributed by atoms with E-state index in [0.29, 0.717) is 11.3 Å². The van der Waals surface area contributed by atoms with Crippen LogP contribution >= 0.6 is 0 Å². The van der Waals surface area contributed by atoms with Crippen LogP contribution in [0.4, 0.5) is 5.69 Å². The number of aryl methyl sites for hydroxylation is 1. The van der Waals surface area contributed by atoms with Crippen LogP contribution in [0.15, 0.2) is 103 Å². The quantitative estimate of drug-likeness (QED) is 0.315. The van der Waals surface area contributed by atoms with Gasteiger partial charge in [-0.15, -0.1) is 0 Å². The van der Waals surface area contributed by atoms with Crippen molar-refractivity contribution in [3.63, 3.8) is 0 Å². The lowest BCUT2D eigenvalue weighted by atomic mass is 9.93. The number of fused-ring (bicyclic) bond motifs is 2. The van der Waals surface area contributed by atoms with Crippen molar-refractivity contribution in [3.05, 3.63) is 125 Å². The van der Waals surface area contributed by atoms with Gasteiger partial charge in [0.2, 0.25) is 5.91 Å². The summed E-state index contributed by atoms with van der Waals surface area (Å²) < 4.78 is 0. The summed E-state index contributed by atoms with van der Waals surface area (Å²) in [5.74, 6) is -0.370. The zero-order valence-electron chi connectivity index (χ0n) is 19.9. The van der Waals surface area contributed by atoms with Gasteiger partial charge in [-0.25, -0.2) is 0 Å². The van der Waals surface area contributed by atoms with Crippen molar-refractivity contribution in [2.75, 3.05) is 11.9 Å². The largest absolute Gasteiger partial charge is 0.354 e. The Morgan fingerprint density at radius 2 is 1.56 bits per heavy atom. The Labute approximate surface area is 209 Å². The zero-order chi connectivity index (χ0) is 24.6. The summed E-state index contributed by atoms with van der Waals surface area (Å²) in [6.45, 7) is 1.95. The van der Waals surface area contributed by atoms with Crippen LogP contribution in [0.25, 0.3) is 22.2 Å². The smallest absolute Gasteiger partial charge is 0.255 e. The molecular formula is C31H25N3O2. The molecule has 5 aromatic rings. The number of carbonyl (C=O) groups excluding carboxylic acids is 2. The van der Waals surface area contributed by atoms with Crippen LogP contribution in [0.5, 0.6) is 0 Å². The molecule has 36 heavy (non-hydrogen) atoms. The fraction of sp³-hybridized carbons (Fsp3) is 0.0968. The van der Waals surface area contributed by atoms with E-state index in [1.54, 1.807) is 4.90 Å². The topological polar surface area (TPSA) is 65.2 Å². The molecule has 5 nitrogen and oxygen atoms in total. The van der Waals surface area contributed by atoms with Crippen LogP contribution in [-0.2, 0) is 4.79 Å². The lowest BCUT2D eigenvalue weighted by molar-refractivity contribution is -0.117. The first-order valence-electron chi connectivity index (χ1n) is 12.0. The molecule has 0 saturated carbocycles. The van der Waals surface area contributed by atoms with Crippen molar-refractivity contribution >= 4 is 28.4 Å². The van der Waals surface area contributed by atoms with Gasteiger partial charge in [-0.3, -0.25) is 9.59 Å². The van der Waals surface area contributed by atoms with E-state index in [-0.39, 0.29) is 18.4 Å². The third kappa shape index (κ3) is 3.75. The maximum atomic E-state index is 13.7. The fourth-order valence-electron chi connectivity index (χ4n) is 5.12. The first kappa shape index (κ1) is 21.9. The summed E-state index contributed by atoms with van der Waals surface area (Å²) in [5.41, 5.74) is 7.35. The number of carbonyl (C=O) groups is 2. The highest BCUT2D eigenvalue weighted by Crippen LogP contribution is 2.45. The monoisotopic (exact) mass is 471 g/mol. The molecule has 0 radical (unpaired) electrons. The summed E-state index contributed by atoms with van der Waals surface area (Å²) in [7, 11) is 0. The second-order valence-electron chi connectivity index (χ2n) is 9.16. The Kier molecular flexibility index (Phi) is 5.38. The molecule has 1 atom stereocenters. The molecule has 0 fully saturated rings. The number of benzene rings is 4. The van der Waals surface area contributed by atoms with Gasteiger partial charge >= 0.3 is 0 Å². The zero-order valence-corrected chi connectivity index (χ0v) is 19.9. The Hall–Kier alpha value is -4.64. The number of hydrogen-bond acceptors (Lipinski definition) is 2. The molecular weight excluding hydrogens is 446 g/mol. The molecule has 1 aliphatic heterocycles. The Morgan fingerprint density at radius 1 is 0.861 bits per heavy atom. The van der Waals surface area contributed by atoms with E-state index in [9.17, 15) is 9.59 Å². The number of rotatable bonds is 5. The molecule has 0 unspecified atom stereocenters. The van der Waals surface area contributed by atoms with E-state index < -0.39 is 6.04 Å². The highest BCUT2D eigenvalue weighted by Gasteiger charge is 2.40. The highest BCUT2D eigenvalue weighted by atomic mass is 16.2. The SMILES string of the molecule is Cc1ccc(NC(=O)CN2C(=O)c3ccccc3[C@@H]2c2c(-c3ccccc3)[nH]c3ccccc23)cc1. The predicted molar refractivity (Wildman–Crippen MR) is 143 cm³/mol. The molecule has 0 bridgehead atoms. The predicted octanol–water partition coefficient (Wildman–Crippen LogP) is 6.33. The van der Waals surface area contributed by atoms with Gasteiger partial charge in [-0.05, 0) is 42.3 Å². The maximum absolute atomic E-state index is 13.7. The number of anilines is 1. The van der Waals surface area contributed by atoms with Gasteiger partial charge in [0.15, 0.2) is 0 Å². The van der Waals surface area contributed by atoms with Gasteiger partial charge in [-0.1, -0.05) is 84.4 Å². The lowest BCUT2D eigenvalue weighted by Crippen LogP contribution is -2.36. The average Bonchev–Trinajstić information content (AvgIpc) is 3.41. The van der Waals surface area contributed by atoms with Crippen LogP contribution in [0.2, 0.25) is 0 Å². The second kappa shape index (κ2) is 8.86. The molecule has 1 aliphatic rings.